The van der Waals surface area contributed by atoms with E-state index in [0.29, 0.717) is 0 Å². The molecular weight excluding hydrogens is 1030 g/mol. The highest BCUT2D eigenvalue weighted by atomic mass is 16.4. The molecular formula is C50H67N11O17. The van der Waals surface area contributed by atoms with Crippen LogP contribution in [0.15, 0.2) is 36.4 Å². The summed E-state index contributed by atoms with van der Waals surface area (Å²) in [6, 6.07) is -1.55. The predicted octanol–water partition coefficient (Wildman–Crippen LogP) is -2.91. The molecule has 15 N–H and O–H groups in total. The fourth-order valence-corrected chi connectivity index (χ4v) is 7.77. The van der Waals surface area contributed by atoms with Gasteiger partial charge < -0.3 is 74.2 Å². The normalized spacial score (nSPS) is 14.2. The van der Waals surface area contributed by atoms with E-state index >= 15 is 0 Å². The summed E-state index contributed by atoms with van der Waals surface area (Å²) < 4.78 is 0. The smallest absolute Gasteiger partial charge is 0.305 e. The maximum Gasteiger partial charge on any atom is 0.305 e. The van der Waals surface area contributed by atoms with Crippen molar-refractivity contribution in [2.24, 2.45) is 11.8 Å². The molecule has 0 unspecified atom stereocenters. The molecule has 0 spiro atoms. The Kier molecular flexibility index (Phi) is 24.0. The van der Waals surface area contributed by atoms with Crippen molar-refractivity contribution >= 4 is 94.0 Å². The number of aliphatic carboxylic acids is 2. The number of aliphatic hydroxyl groups excluding tert-OH is 1. The van der Waals surface area contributed by atoms with Gasteiger partial charge in [-0.15, -0.1) is 0 Å². The number of rotatable bonds is 29. The Morgan fingerprint density at radius 2 is 1.10 bits per heavy atom. The third-order valence-corrected chi connectivity index (χ3v) is 11.8. The minimum absolute atomic E-state index is 0.0179. The third-order valence-electron chi connectivity index (χ3n) is 11.8. The van der Waals surface area contributed by atoms with Gasteiger partial charge in [0, 0.05) is 30.2 Å². The van der Waals surface area contributed by atoms with Gasteiger partial charge in [0.1, 0.15) is 42.3 Å². The number of carbonyl (C=O) groups is 14. The molecule has 0 saturated heterocycles. The van der Waals surface area contributed by atoms with E-state index in [1.165, 1.54) is 38.1 Å². The van der Waals surface area contributed by atoms with Gasteiger partial charge >= 0.3 is 11.9 Å². The first-order valence-corrected chi connectivity index (χ1v) is 24.7. The summed E-state index contributed by atoms with van der Waals surface area (Å²) in [5, 5.41) is 51.9. The number of carboxylic acid groups (broad SMARTS) is 2. The average Bonchev–Trinajstić information content (AvgIpc) is 3.40. The quantitative estimate of drug-likeness (QED) is 0.0310. The van der Waals surface area contributed by atoms with E-state index in [4.69, 9.17) is 5.73 Å². The van der Waals surface area contributed by atoms with Gasteiger partial charge in [0.2, 0.25) is 59.1 Å². The molecule has 0 aliphatic heterocycles. The number of fused-ring (bicyclic) bond motifs is 2. The molecule has 2 aromatic carbocycles. The van der Waals surface area contributed by atoms with E-state index in [2.05, 4.69) is 53.2 Å². The van der Waals surface area contributed by atoms with Crippen molar-refractivity contribution in [3.05, 3.63) is 58.7 Å². The monoisotopic (exact) mass is 1090 g/mol. The number of nitrogens with one attached hydrogen (secondary N) is 10. The third kappa shape index (κ3) is 18.5. The second kappa shape index (κ2) is 29.5. The second-order valence-electron chi connectivity index (χ2n) is 18.9. The van der Waals surface area contributed by atoms with Crippen molar-refractivity contribution in [2.45, 2.75) is 123 Å². The van der Waals surface area contributed by atoms with Crippen molar-refractivity contribution in [3.8, 4) is 0 Å². The molecule has 0 heterocycles. The van der Waals surface area contributed by atoms with E-state index in [1.807, 2.05) is 0 Å². The summed E-state index contributed by atoms with van der Waals surface area (Å²) in [5.74, 6) is -14.0. The first-order valence-electron chi connectivity index (χ1n) is 24.7. The van der Waals surface area contributed by atoms with Crippen molar-refractivity contribution in [2.75, 3.05) is 30.7 Å². The van der Waals surface area contributed by atoms with Crippen LogP contribution in [-0.4, -0.2) is 160 Å². The maximum absolute atomic E-state index is 13.8. The molecule has 28 nitrogen and oxygen atoms in total. The summed E-state index contributed by atoms with van der Waals surface area (Å²) in [4.78, 5) is 180. The molecule has 424 valence electrons. The average molecular weight is 1090 g/mol. The van der Waals surface area contributed by atoms with E-state index in [1.54, 1.807) is 39.8 Å². The Morgan fingerprint density at radius 3 is 1.65 bits per heavy atom. The van der Waals surface area contributed by atoms with Gasteiger partial charge in [-0.05, 0) is 50.2 Å². The summed E-state index contributed by atoms with van der Waals surface area (Å²) in [7, 11) is 0. The molecule has 10 amide bonds. The molecule has 7 atom stereocenters. The zero-order valence-corrected chi connectivity index (χ0v) is 44.0. The molecule has 0 saturated carbocycles. The molecule has 0 bridgehead atoms. The van der Waals surface area contributed by atoms with Gasteiger partial charge in [0.25, 0.3) is 0 Å². The zero-order valence-electron chi connectivity index (χ0n) is 44.0. The topological polar surface area (TPSA) is 446 Å². The standard InChI is InChI=1S/C50H67N11O17/c1-8-29(46(74)60-34(21-62)45(73)53-19-35(64)52-20-36(65)56-30-14-13-28(51)39-40(30)43(71)27-12-10-9-11-26(27)42(39)70)57-48(76)32(17-22(2)3)59-50(78)41(23(4)5)61-44(72)24(6)54-47(75)31(15-16-37(66)67)58-49(77)33(18-38(68)69)55-25(7)63/h9-14,22-24,29,31-34,41,62H,8,15-21,51H2,1-7H3,(H,52,64)(H,53,73)(H,54,75)(H,55,63)(H,56,65)(H,57,76)(H,58,77)(H,59,78)(H,60,74)(H,61,72)(H,66,67)(H,68,69)/t24-,29-,31-,32-,33-,34-,41-/m0/s1. The van der Waals surface area contributed by atoms with Crippen molar-refractivity contribution in [1.82, 2.24) is 47.9 Å². The van der Waals surface area contributed by atoms with Crippen LogP contribution in [0.1, 0.15) is 112 Å². The Hall–Kier alpha value is -8.82. The number of aliphatic hydroxyl groups is 1. The number of amides is 10. The van der Waals surface area contributed by atoms with E-state index < -0.39 is 170 Å². The summed E-state index contributed by atoms with van der Waals surface area (Å²) in [6.07, 6.45) is -2.07. The number of carbonyl (C=O) groups excluding carboxylic acids is 12. The van der Waals surface area contributed by atoms with Crippen LogP contribution in [0, 0.1) is 11.8 Å². The largest absolute Gasteiger partial charge is 0.481 e. The predicted molar refractivity (Wildman–Crippen MR) is 274 cm³/mol. The highest BCUT2D eigenvalue weighted by Gasteiger charge is 2.36. The Bertz CT molecular complexity index is 2660. The summed E-state index contributed by atoms with van der Waals surface area (Å²) in [5.41, 5.74) is 6.08. The Labute approximate surface area is 447 Å². The van der Waals surface area contributed by atoms with Gasteiger partial charge in [-0.25, -0.2) is 0 Å². The van der Waals surface area contributed by atoms with Crippen molar-refractivity contribution in [3.63, 3.8) is 0 Å². The lowest BCUT2D eigenvalue weighted by Gasteiger charge is -2.28. The molecule has 1 aliphatic carbocycles. The van der Waals surface area contributed by atoms with Crippen LogP contribution in [-0.2, 0) is 57.5 Å². The van der Waals surface area contributed by atoms with E-state index in [-0.39, 0.29) is 52.4 Å². The zero-order chi connectivity index (χ0) is 58.7. The molecule has 0 fully saturated rings. The number of hydrogen-bond donors (Lipinski definition) is 14. The van der Waals surface area contributed by atoms with Crippen LogP contribution in [0.2, 0.25) is 0 Å². The fourth-order valence-electron chi connectivity index (χ4n) is 7.77. The van der Waals surface area contributed by atoms with Crippen LogP contribution >= 0.6 is 0 Å². The summed E-state index contributed by atoms with van der Waals surface area (Å²) in [6.45, 7) is 8.00. The van der Waals surface area contributed by atoms with Gasteiger partial charge in [-0.2, -0.15) is 0 Å². The molecule has 78 heavy (non-hydrogen) atoms. The summed E-state index contributed by atoms with van der Waals surface area (Å²) >= 11 is 0. The van der Waals surface area contributed by atoms with Crippen molar-refractivity contribution in [1.29, 1.82) is 0 Å². The number of nitrogens with two attached hydrogens (primary N) is 1. The Balaban J connectivity index is 1.59. The molecule has 2 aromatic rings. The van der Waals surface area contributed by atoms with Gasteiger partial charge in [-0.1, -0.05) is 58.9 Å². The molecule has 3 rings (SSSR count). The first kappa shape index (κ1) is 63.5. The SMILES string of the molecule is CC[C@H](NC(=O)[C@H](CC(C)C)NC(=O)[C@@H](NC(=O)[C@H](C)NC(=O)[C@H](CCC(=O)O)NC(=O)[C@H](CC(=O)O)NC(C)=O)C(C)C)C(=O)N[C@@H](CO)C(=O)NCC(=O)NCC(=O)Nc1ccc(N)c2c1C(=O)c1ccccc1C2=O. The minimum atomic E-state index is -1.64. The van der Waals surface area contributed by atoms with Gasteiger partial charge in [-0.3, -0.25) is 67.1 Å². The highest BCUT2D eigenvalue weighted by Crippen LogP contribution is 2.35. The Morgan fingerprint density at radius 1 is 0.564 bits per heavy atom. The number of benzene rings is 2. The number of anilines is 2. The maximum atomic E-state index is 13.8. The van der Waals surface area contributed by atoms with E-state index in [9.17, 15) is 82.4 Å². The fraction of sp³-hybridized carbons (Fsp3) is 0.480. The lowest BCUT2D eigenvalue weighted by Crippen LogP contribution is -2.60. The van der Waals surface area contributed by atoms with Gasteiger partial charge in [0.05, 0.1) is 42.9 Å². The number of nitrogen functional groups attached to an aromatic ring is 1. The number of carboxylic acids is 2. The molecule has 0 aromatic heterocycles. The van der Waals surface area contributed by atoms with Crippen LogP contribution in [0.4, 0.5) is 11.4 Å². The van der Waals surface area contributed by atoms with Crippen LogP contribution in [0.3, 0.4) is 0 Å². The number of ketones is 2. The molecule has 1 aliphatic rings. The van der Waals surface area contributed by atoms with Crippen LogP contribution in [0.5, 0.6) is 0 Å². The lowest BCUT2D eigenvalue weighted by molar-refractivity contribution is -0.141. The van der Waals surface area contributed by atoms with Gasteiger partial charge in [0.15, 0.2) is 11.6 Å². The highest BCUT2D eigenvalue weighted by molar-refractivity contribution is 6.32. The molecule has 0 radical (unpaired) electrons. The number of hydrogen-bond acceptors (Lipinski definition) is 16. The van der Waals surface area contributed by atoms with Crippen LogP contribution < -0.4 is 58.9 Å². The lowest BCUT2D eigenvalue weighted by atomic mass is 9.82. The van der Waals surface area contributed by atoms with Crippen molar-refractivity contribution < 1.29 is 82.4 Å². The van der Waals surface area contributed by atoms with Crippen LogP contribution in [0.25, 0.3) is 0 Å². The molecule has 28 heteroatoms. The first-order chi connectivity index (χ1) is 36.6. The van der Waals surface area contributed by atoms with E-state index in [0.717, 1.165) is 6.92 Å². The minimum Gasteiger partial charge on any atom is -0.481 e. The second-order valence-corrected chi connectivity index (χ2v) is 18.9.